The predicted molar refractivity (Wildman–Crippen MR) is 134 cm³/mol. The number of nitrogens with zero attached hydrogens (tertiary/aromatic N) is 5. The van der Waals surface area contributed by atoms with Crippen LogP contribution in [0, 0.1) is 0 Å². The number of nitrogens with one attached hydrogen (secondary N) is 2. The number of nitrogens with two attached hydrogens (primary N) is 1. The molecule has 4 aromatic heterocycles. The minimum Gasteiger partial charge on any atom is -0.386 e. The molecule has 0 radical (unpaired) electrons. The molecule has 8 nitrogen and oxygen atoms in total. The average Bonchev–Trinajstić information content (AvgIpc) is 3.22. The van der Waals surface area contributed by atoms with Gasteiger partial charge in [-0.25, -0.2) is 9.97 Å². The first-order valence-corrected chi connectivity index (χ1v) is 11.9. The lowest BCUT2D eigenvalue weighted by Crippen LogP contribution is -2.43. The Morgan fingerprint density at radius 3 is 2.97 bits per heavy atom. The van der Waals surface area contributed by atoms with Gasteiger partial charge in [-0.15, -0.1) is 0 Å². The van der Waals surface area contributed by atoms with Gasteiger partial charge in [0.25, 0.3) is 0 Å². The summed E-state index contributed by atoms with van der Waals surface area (Å²) in [5.41, 5.74) is 11.0. The Balaban J connectivity index is 1.51. The molecule has 1 fully saturated rings. The van der Waals surface area contributed by atoms with E-state index >= 15 is 0 Å². The molecule has 1 aliphatic heterocycles. The Morgan fingerprint density at radius 2 is 2.09 bits per heavy atom. The zero-order chi connectivity index (χ0) is 22.4. The molecule has 0 bridgehead atoms. The van der Waals surface area contributed by atoms with Crippen molar-refractivity contribution in [2.75, 3.05) is 30.4 Å². The number of aromatic nitrogens is 5. The molecule has 0 amide bonds. The highest BCUT2D eigenvalue weighted by molar-refractivity contribution is 7.99. The largest absolute Gasteiger partial charge is 0.386 e. The second-order valence-electron chi connectivity index (χ2n) is 8.32. The van der Waals surface area contributed by atoms with Crippen LogP contribution in [-0.2, 0) is 0 Å². The maximum Gasteiger partial charge on any atom is 0.196 e. The standard InChI is InChI=1S/C24H24N8S/c1-26-18-7-2-6-16-20-22(29-21(16)18)30-24(31-23(20)32-10-4-5-14(25)13-32)33-15-11-19-17(28-12-15)8-3-9-27-19/h2-3,6-9,11-12,14,26H,4-5,10,13,25H2,1H3,(H,29,30,31)/t14-/m1/s1. The van der Waals surface area contributed by atoms with Gasteiger partial charge in [-0.05, 0) is 48.9 Å². The van der Waals surface area contributed by atoms with Crippen LogP contribution in [0.15, 0.2) is 58.8 Å². The van der Waals surface area contributed by atoms with Crippen molar-refractivity contribution >= 4 is 56.2 Å². The molecular formula is C24H24N8S. The summed E-state index contributed by atoms with van der Waals surface area (Å²) in [6.45, 7) is 1.72. The fourth-order valence-electron chi connectivity index (χ4n) is 4.56. The quantitative estimate of drug-likeness (QED) is 0.346. The van der Waals surface area contributed by atoms with E-state index in [0.717, 1.165) is 75.3 Å². The lowest BCUT2D eigenvalue weighted by Gasteiger charge is -2.32. The van der Waals surface area contributed by atoms with Gasteiger partial charge in [0.2, 0.25) is 0 Å². The van der Waals surface area contributed by atoms with Crippen LogP contribution >= 0.6 is 11.8 Å². The maximum atomic E-state index is 6.33. The third-order valence-corrected chi connectivity index (χ3v) is 6.93. The summed E-state index contributed by atoms with van der Waals surface area (Å²) in [4.78, 5) is 25.7. The molecule has 5 heterocycles. The van der Waals surface area contributed by atoms with Crippen molar-refractivity contribution in [2.24, 2.45) is 5.73 Å². The Bertz CT molecular complexity index is 1480. The van der Waals surface area contributed by atoms with Crippen molar-refractivity contribution in [1.82, 2.24) is 24.9 Å². The monoisotopic (exact) mass is 456 g/mol. The van der Waals surface area contributed by atoms with Gasteiger partial charge in [-0.2, -0.15) is 0 Å². The topological polar surface area (TPSA) is 109 Å². The second-order valence-corrected chi connectivity index (χ2v) is 9.36. The molecule has 0 unspecified atom stereocenters. The fourth-order valence-corrected chi connectivity index (χ4v) is 5.32. The summed E-state index contributed by atoms with van der Waals surface area (Å²) in [6.07, 6.45) is 5.73. The SMILES string of the molecule is CNc1cccc2c1[nH]c1nc(Sc3cnc4cccnc4c3)nc(N3CCC[C@@H](N)C3)c12. The first kappa shape index (κ1) is 20.2. The van der Waals surface area contributed by atoms with E-state index < -0.39 is 0 Å². The Morgan fingerprint density at radius 1 is 1.15 bits per heavy atom. The summed E-state index contributed by atoms with van der Waals surface area (Å²) in [6, 6.07) is 12.3. The molecule has 0 saturated carbocycles. The summed E-state index contributed by atoms with van der Waals surface area (Å²) in [5, 5.41) is 6.10. The third-order valence-electron chi connectivity index (χ3n) is 6.11. The number of benzene rings is 1. The van der Waals surface area contributed by atoms with Gasteiger partial charge in [0.05, 0.1) is 27.6 Å². The van der Waals surface area contributed by atoms with Crippen LogP contribution in [-0.4, -0.2) is 51.1 Å². The smallest absolute Gasteiger partial charge is 0.196 e. The number of piperidine rings is 1. The molecule has 1 saturated heterocycles. The Labute approximate surface area is 195 Å². The molecule has 166 valence electrons. The number of pyridine rings is 2. The molecule has 33 heavy (non-hydrogen) atoms. The van der Waals surface area contributed by atoms with Crippen LogP contribution in [0.25, 0.3) is 33.0 Å². The molecule has 1 aromatic carbocycles. The summed E-state index contributed by atoms with van der Waals surface area (Å²) >= 11 is 1.50. The first-order chi connectivity index (χ1) is 16.2. The van der Waals surface area contributed by atoms with E-state index in [4.69, 9.17) is 15.7 Å². The maximum absolute atomic E-state index is 6.33. The van der Waals surface area contributed by atoms with Crippen molar-refractivity contribution in [3.8, 4) is 0 Å². The molecule has 1 atom stereocenters. The van der Waals surface area contributed by atoms with E-state index in [1.165, 1.54) is 11.8 Å². The van der Waals surface area contributed by atoms with Crippen LogP contribution in [0.2, 0.25) is 0 Å². The molecule has 5 aromatic rings. The first-order valence-electron chi connectivity index (χ1n) is 11.1. The molecule has 6 rings (SSSR count). The van der Waals surface area contributed by atoms with Gasteiger partial charge in [0.15, 0.2) is 5.16 Å². The average molecular weight is 457 g/mol. The van der Waals surface area contributed by atoms with Crippen LogP contribution in [0.1, 0.15) is 12.8 Å². The van der Waals surface area contributed by atoms with Gasteiger partial charge in [-0.1, -0.05) is 12.1 Å². The summed E-state index contributed by atoms with van der Waals surface area (Å²) in [5.74, 6) is 0.934. The fraction of sp³-hybridized carbons (Fsp3) is 0.250. The van der Waals surface area contributed by atoms with Crippen LogP contribution in [0.5, 0.6) is 0 Å². The number of anilines is 2. The zero-order valence-corrected chi connectivity index (χ0v) is 19.1. The molecule has 9 heteroatoms. The number of hydrogen-bond donors (Lipinski definition) is 3. The van der Waals surface area contributed by atoms with E-state index in [0.29, 0.717) is 5.16 Å². The molecule has 0 aliphatic carbocycles. The molecule has 0 spiro atoms. The highest BCUT2D eigenvalue weighted by Gasteiger charge is 2.24. The number of rotatable bonds is 4. The second kappa shape index (κ2) is 8.17. The number of hydrogen-bond acceptors (Lipinski definition) is 8. The van der Waals surface area contributed by atoms with E-state index in [1.54, 1.807) is 6.20 Å². The van der Waals surface area contributed by atoms with E-state index in [2.05, 4.69) is 43.4 Å². The Kier molecular flexibility index (Phi) is 5.00. The highest BCUT2D eigenvalue weighted by Crippen LogP contribution is 2.38. The summed E-state index contributed by atoms with van der Waals surface area (Å²) in [7, 11) is 1.93. The van der Waals surface area contributed by atoms with Crippen molar-refractivity contribution in [3.05, 3.63) is 48.8 Å². The van der Waals surface area contributed by atoms with Crippen LogP contribution in [0.4, 0.5) is 11.5 Å². The van der Waals surface area contributed by atoms with Crippen molar-refractivity contribution in [1.29, 1.82) is 0 Å². The number of para-hydroxylation sites is 1. The highest BCUT2D eigenvalue weighted by atomic mass is 32.2. The molecular weight excluding hydrogens is 432 g/mol. The predicted octanol–water partition coefficient (Wildman–Crippen LogP) is 4.17. The minimum absolute atomic E-state index is 0.147. The number of aromatic amines is 1. The summed E-state index contributed by atoms with van der Waals surface area (Å²) < 4.78 is 0. The lowest BCUT2D eigenvalue weighted by molar-refractivity contribution is 0.503. The van der Waals surface area contributed by atoms with Crippen LogP contribution < -0.4 is 16.0 Å². The molecule has 4 N–H and O–H groups in total. The van der Waals surface area contributed by atoms with Crippen molar-refractivity contribution in [3.63, 3.8) is 0 Å². The minimum atomic E-state index is 0.147. The zero-order valence-electron chi connectivity index (χ0n) is 18.2. The van der Waals surface area contributed by atoms with E-state index in [1.807, 2.05) is 31.4 Å². The number of fused-ring (bicyclic) bond motifs is 4. The Hall–Kier alpha value is -3.43. The van der Waals surface area contributed by atoms with Gasteiger partial charge in [-0.3, -0.25) is 9.97 Å². The van der Waals surface area contributed by atoms with Crippen LogP contribution in [0.3, 0.4) is 0 Å². The van der Waals surface area contributed by atoms with Gasteiger partial charge < -0.3 is 20.9 Å². The third kappa shape index (κ3) is 3.63. The van der Waals surface area contributed by atoms with Crippen molar-refractivity contribution < 1.29 is 0 Å². The van der Waals surface area contributed by atoms with E-state index in [9.17, 15) is 0 Å². The van der Waals surface area contributed by atoms with E-state index in [-0.39, 0.29) is 6.04 Å². The number of H-pyrrole nitrogens is 1. The normalized spacial score (nSPS) is 16.7. The van der Waals surface area contributed by atoms with Gasteiger partial charge in [0, 0.05) is 48.9 Å². The van der Waals surface area contributed by atoms with Gasteiger partial charge >= 0.3 is 0 Å². The van der Waals surface area contributed by atoms with Gasteiger partial charge in [0.1, 0.15) is 11.5 Å². The lowest BCUT2D eigenvalue weighted by atomic mass is 10.1. The van der Waals surface area contributed by atoms with Crippen molar-refractivity contribution in [2.45, 2.75) is 28.9 Å². The molecule has 1 aliphatic rings.